The van der Waals surface area contributed by atoms with Crippen molar-refractivity contribution in [1.29, 1.82) is 0 Å². The van der Waals surface area contributed by atoms with Crippen molar-refractivity contribution in [3.63, 3.8) is 0 Å². The summed E-state index contributed by atoms with van der Waals surface area (Å²) in [5.74, 6) is -1.09. The fourth-order valence-corrected chi connectivity index (χ4v) is 3.41. The first-order valence-electron chi connectivity index (χ1n) is 8.83. The third-order valence-corrected chi connectivity index (χ3v) is 4.91. The van der Waals surface area contributed by atoms with Crippen LogP contribution in [0.25, 0.3) is 0 Å². The molecule has 0 aromatic heterocycles. The Balaban J connectivity index is 2.05. The second kappa shape index (κ2) is 8.29. The highest BCUT2D eigenvalue weighted by Gasteiger charge is 2.29. The second-order valence-electron chi connectivity index (χ2n) is 6.56. The van der Waals surface area contributed by atoms with Gasteiger partial charge in [-0.2, -0.15) is 0 Å². The van der Waals surface area contributed by atoms with E-state index in [2.05, 4.69) is 5.32 Å². The summed E-state index contributed by atoms with van der Waals surface area (Å²) >= 11 is 0. The molecule has 0 bridgehead atoms. The van der Waals surface area contributed by atoms with Gasteiger partial charge in [0.15, 0.2) is 0 Å². The number of aryl methyl sites for hydroxylation is 2. The standard InChI is InChI=1S/C19H28N2O3/c1-4-13-8-6-9-14(5-2)17(13)20-18(23)19(24)21(3)12-15-10-7-11-16(15)22/h6,8-9,15-16,22H,4-5,7,10-12H2,1-3H3,(H,20,23). The maximum absolute atomic E-state index is 12.4. The summed E-state index contributed by atoms with van der Waals surface area (Å²) in [5.41, 5.74) is 2.82. The number of nitrogens with zero attached hydrogens (tertiary/aromatic N) is 1. The van der Waals surface area contributed by atoms with E-state index in [0.717, 1.165) is 48.9 Å². The number of rotatable bonds is 5. The molecular formula is C19H28N2O3. The number of para-hydroxylation sites is 1. The zero-order valence-electron chi connectivity index (χ0n) is 14.8. The molecule has 1 saturated carbocycles. The van der Waals surface area contributed by atoms with Crippen LogP contribution in [0.1, 0.15) is 44.2 Å². The lowest BCUT2D eigenvalue weighted by Gasteiger charge is -2.23. The van der Waals surface area contributed by atoms with Crippen LogP contribution in [0.4, 0.5) is 5.69 Å². The minimum absolute atomic E-state index is 0.0703. The number of benzene rings is 1. The molecule has 0 saturated heterocycles. The number of hydrogen-bond donors (Lipinski definition) is 2. The molecule has 2 rings (SSSR count). The van der Waals surface area contributed by atoms with Gasteiger partial charge in [0, 0.05) is 25.2 Å². The first-order chi connectivity index (χ1) is 11.5. The van der Waals surface area contributed by atoms with Crippen molar-refractivity contribution in [2.24, 2.45) is 5.92 Å². The number of amides is 2. The molecule has 2 amide bonds. The van der Waals surface area contributed by atoms with E-state index in [-0.39, 0.29) is 12.0 Å². The number of anilines is 1. The number of nitrogens with one attached hydrogen (secondary N) is 1. The Morgan fingerprint density at radius 3 is 2.33 bits per heavy atom. The van der Waals surface area contributed by atoms with Gasteiger partial charge in [0.1, 0.15) is 0 Å². The van der Waals surface area contributed by atoms with Crippen molar-refractivity contribution in [3.05, 3.63) is 29.3 Å². The molecular weight excluding hydrogens is 304 g/mol. The average Bonchev–Trinajstić information content (AvgIpc) is 2.98. The Morgan fingerprint density at radius 1 is 1.21 bits per heavy atom. The minimum Gasteiger partial charge on any atom is -0.393 e. The van der Waals surface area contributed by atoms with E-state index in [4.69, 9.17) is 0 Å². The fraction of sp³-hybridized carbons (Fsp3) is 0.579. The van der Waals surface area contributed by atoms with E-state index in [1.54, 1.807) is 7.05 Å². The van der Waals surface area contributed by atoms with Crippen LogP contribution >= 0.6 is 0 Å². The topological polar surface area (TPSA) is 69.6 Å². The van der Waals surface area contributed by atoms with Gasteiger partial charge in [-0.05, 0) is 36.8 Å². The SMILES string of the molecule is CCc1cccc(CC)c1NC(=O)C(=O)N(C)CC1CCCC1O. The molecule has 0 radical (unpaired) electrons. The van der Waals surface area contributed by atoms with Gasteiger partial charge in [0.05, 0.1) is 6.10 Å². The van der Waals surface area contributed by atoms with Gasteiger partial charge in [-0.1, -0.05) is 38.5 Å². The first kappa shape index (κ1) is 18.5. The Labute approximate surface area is 144 Å². The van der Waals surface area contributed by atoms with Gasteiger partial charge in [0.25, 0.3) is 0 Å². The summed E-state index contributed by atoms with van der Waals surface area (Å²) in [5, 5.41) is 12.7. The molecule has 0 spiro atoms. The number of carbonyl (C=O) groups excluding carboxylic acids is 2. The predicted octanol–water partition coefficient (Wildman–Crippen LogP) is 2.37. The van der Waals surface area contributed by atoms with Crippen molar-refractivity contribution in [2.45, 2.75) is 52.1 Å². The first-order valence-corrected chi connectivity index (χ1v) is 8.83. The number of carbonyl (C=O) groups is 2. The molecule has 2 unspecified atom stereocenters. The maximum atomic E-state index is 12.4. The molecule has 1 aliphatic carbocycles. The van der Waals surface area contributed by atoms with Crippen molar-refractivity contribution >= 4 is 17.5 Å². The molecule has 5 heteroatoms. The Kier molecular flexibility index (Phi) is 6.37. The van der Waals surface area contributed by atoms with E-state index in [9.17, 15) is 14.7 Å². The highest BCUT2D eigenvalue weighted by molar-refractivity contribution is 6.39. The third kappa shape index (κ3) is 4.15. The summed E-state index contributed by atoms with van der Waals surface area (Å²) in [6.07, 6.45) is 3.88. The Hall–Kier alpha value is -1.88. The lowest BCUT2D eigenvalue weighted by molar-refractivity contribution is -0.142. The molecule has 0 heterocycles. The van der Waals surface area contributed by atoms with Crippen LogP contribution in [0.2, 0.25) is 0 Å². The summed E-state index contributed by atoms with van der Waals surface area (Å²) in [4.78, 5) is 26.2. The van der Waals surface area contributed by atoms with Crippen molar-refractivity contribution in [2.75, 3.05) is 18.9 Å². The van der Waals surface area contributed by atoms with E-state index in [0.29, 0.717) is 6.54 Å². The Bertz CT molecular complexity index is 578. The molecule has 5 nitrogen and oxygen atoms in total. The zero-order valence-corrected chi connectivity index (χ0v) is 14.8. The predicted molar refractivity (Wildman–Crippen MR) is 94.8 cm³/mol. The van der Waals surface area contributed by atoms with Crippen LogP contribution in [0.15, 0.2) is 18.2 Å². The maximum Gasteiger partial charge on any atom is 0.313 e. The van der Waals surface area contributed by atoms with Gasteiger partial charge in [-0.3, -0.25) is 9.59 Å². The summed E-state index contributed by atoms with van der Waals surface area (Å²) in [6.45, 7) is 4.48. The van der Waals surface area contributed by atoms with Crippen LogP contribution in [0.3, 0.4) is 0 Å². The lowest BCUT2D eigenvalue weighted by atomic mass is 10.0. The van der Waals surface area contributed by atoms with Crippen LogP contribution in [0.5, 0.6) is 0 Å². The van der Waals surface area contributed by atoms with Gasteiger partial charge in [-0.25, -0.2) is 0 Å². The van der Waals surface area contributed by atoms with E-state index < -0.39 is 11.8 Å². The van der Waals surface area contributed by atoms with Gasteiger partial charge >= 0.3 is 11.8 Å². The van der Waals surface area contributed by atoms with Gasteiger partial charge in [0.2, 0.25) is 0 Å². The highest BCUT2D eigenvalue weighted by atomic mass is 16.3. The highest BCUT2D eigenvalue weighted by Crippen LogP contribution is 2.26. The largest absolute Gasteiger partial charge is 0.393 e. The zero-order chi connectivity index (χ0) is 17.7. The summed E-state index contributed by atoms with van der Waals surface area (Å²) in [7, 11) is 1.62. The average molecular weight is 332 g/mol. The molecule has 0 aliphatic heterocycles. The molecule has 132 valence electrons. The van der Waals surface area contributed by atoms with Crippen LogP contribution < -0.4 is 5.32 Å². The van der Waals surface area contributed by atoms with E-state index in [1.807, 2.05) is 32.0 Å². The number of hydrogen-bond acceptors (Lipinski definition) is 3. The van der Waals surface area contributed by atoms with E-state index >= 15 is 0 Å². The van der Waals surface area contributed by atoms with Crippen molar-refractivity contribution < 1.29 is 14.7 Å². The van der Waals surface area contributed by atoms with Crippen LogP contribution in [0, 0.1) is 5.92 Å². The van der Waals surface area contributed by atoms with Crippen molar-refractivity contribution in [1.82, 2.24) is 4.90 Å². The monoisotopic (exact) mass is 332 g/mol. The van der Waals surface area contributed by atoms with Gasteiger partial charge < -0.3 is 15.3 Å². The van der Waals surface area contributed by atoms with E-state index in [1.165, 1.54) is 4.90 Å². The lowest BCUT2D eigenvalue weighted by Crippen LogP contribution is -2.41. The van der Waals surface area contributed by atoms with Crippen LogP contribution in [-0.2, 0) is 22.4 Å². The number of likely N-dealkylation sites (N-methyl/N-ethyl adjacent to an activating group) is 1. The number of aliphatic hydroxyl groups is 1. The second-order valence-corrected chi connectivity index (χ2v) is 6.56. The molecule has 1 fully saturated rings. The third-order valence-electron chi connectivity index (χ3n) is 4.91. The van der Waals surface area contributed by atoms with Crippen molar-refractivity contribution in [3.8, 4) is 0 Å². The minimum atomic E-state index is -0.611. The molecule has 2 atom stereocenters. The summed E-state index contributed by atoms with van der Waals surface area (Å²) < 4.78 is 0. The van der Waals surface area contributed by atoms with Gasteiger partial charge in [-0.15, -0.1) is 0 Å². The number of aliphatic hydroxyl groups excluding tert-OH is 1. The quantitative estimate of drug-likeness (QED) is 0.813. The molecule has 24 heavy (non-hydrogen) atoms. The fourth-order valence-electron chi connectivity index (χ4n) is 3.41. The summed E-state index contributed by atoms with van der Waals surface area (Å²) in [6, 6.07) is 5.92. The van der Waals surface area contributed by atoms with Crippen LogP contribution in [-0.4, -0.2) is 41.5 Å². The normalized spacial score (nSPS) is 20.0. The molecule has 2 N–H and O–H groups in total. The molecule has 1 aliphatic rings. The Morgan fingerprint density at radius 2 is 1.83 bits per heavy atom. The molecule has 1 aromatic carbocycles. The molecule has 1 aromatic rings. The smallest absolute Gasteiger partial charge is 0.313 e.